The first-order valence-corrected chi connectivity index (χ1v) is 7.52. The minimum Gasteiger partial charge on any atom is -0.349 e. The fraction of sp³-hybridized carbons (Fsp3) is 0.364. The second kappa shape index (κ2) is 7.88. The lowest BCUT2D eigenvalue weighted by Gasteiger charge is -2.14. The Bertz CT molecular complexity index is 580. The van der Waals surface area contributed by atoms with Gasteiger partial charge >= 0.3 is 0 Å². The van der Waals surface area contributed by atoms with Crippen molar-refractivity contribution in [1.29, 1.82) is 0 Å². The molecule has 0 atom stereocenters. The number of hydrogen-bond acceptors (Lipinski definition) is 4. The van der Waals surface area contributed by atoms with Crippen LogP contribution in [0, 0.1) is 0 Å². The summed E-state index contributed by atoms with van der Waals surface area (Å²) in [6.45, 7) is -1.93. The summed E-state index contributed by atoms with van der Waals surface area (Å²) in [4.78, 5) is 11.3. The quantitative estimate of drug-likeness (QED) is 0.796. The van der Waals surface area contributed by atoms with E-state index in [1.54, 1.807) is 0 Å². The number of benzene rings is 1. The van der Waals surface area contributed by atoms with Crippen LogP contribution < -0.4 is 11.1 Å². The summed E-state index contributed by atoms with van der Waals surface area (Å²) < 4.78 is 49.3. The summed E-state index contributed by atoms with van der Waals surface area (Å²) >= 11 is 5.61. The van der Waals surface area contributed by atoms with Crippen molar-refractivity contribution in [3.8, 4) is 0 Å². The van der Waals surface area contributed by atoms with Gasteiger partial charge in [0.25, 0.3) is 5.92 Å². The summed E-state index contributed by atoms with van der Waals surface area (Å²) in [6, 6.07) is 5.18. The smallest absolute Gasteiger partial charge is 0.277 e. The van der Waals surface area contributed by atoms with E-state index in [4.69, 9.17) is 17.3 Å². The van der Waals surface area contributed by atoms with E-state index in [0.29, 0.717) is 5.02 Å². The predicted molar refractivity (Wildman–Crippen MR) is 77.8 cm³/mol. The molecule has 0 unspecified atom stereocenters. The van der Waals surface area contributed by atoms with Gasteiger partial charge in [-0.2, -0.15) is 0 Å². The average Bonchev–Trinajstić information content (AvgIpc) is 2.36. The van der Waals surface area contributed by atoms with Crippen LogP contribution in [0.25, 0.3) is 0 Å². The molecule has 0 heterocycles. The molecule has 0 saturated carbocycles. The molecule has 5 nitrogen and oxygen atoms in total. The first-order valence-electron chi connectivity index (χ1n) is 5.49. The zero-order chi connectivity index (χ0) is 15.4. The van der Waals surface area contributed by atoms with Gasteiger partial charge in [0.15, 0.2) is 9.84 Å². The van der Waals surface area contributed by atoms with Crippen molar-refractivity contribution < 1.29 is 22.0 Å². The third kappa shape index (κ3) is 6.56. The molecule has 0 spiro atoms. The SMILES string of the molecule is Cl.NCC(F)(F)CNC(=O)CS(=O)(=O)c1ccc(Cl)cc1. The predicted octanol–water partition coefficient (Wildman–Crippen LogP) is 1.25. The van der Waals surface area contributed by atoms with Gasteiger partial charge in [-0.15, -0.1) is 12.4 Å². The number of halogens is 4. The summed E-state index contributed by atoms with van der Waals surface area (Å²) in [7, 11) is -3.90. The molecule has 1 amide bonds. The molecule has 0 aliphatic heterocycles. The van der Waals surface area contributed by atoms with Gasteiger partial charge < -0.3 is 11.1 Å². The third-order valence-electron chi connectivity index (χ3n) is 2.34. The largest absolute Gasteiger partial charge is 0.349 e. The van der Waals surface area contributed by atoms with Crippen LogP contribution in [-0.4, -0.2) is 39.1 Å². The molecule has 1 aromatic carbocycles. The van der Waals surface area contributed by atoms with E-state index in [2.05, 4.69) is 0 Å². The van der Waals surface area contributed by atoms with Crippen LogP contribution in [0.15, 0.2) is 29.2 Å². The van der Waals surface area contributed by atoms with Crippen molar-refractivity contribution in [1.82, 2.24) is 5.32 Å². The summed E-state index contributed by atoms with van der Waals surface area (Å²) in [6.07, 6.45) is 0. The molecular formula is C11H14Cl2F2N2O3S. The minimum absolute atomic E-state index is 0. The van der Waals surface area contributed by atoms with E-state index in [9.17, 15) is 22.0 Å². The van der Waals surface area contributed by atoms with Crippen LogP contribution in [0.5, 0.6) is 0 Å². The van der Waals surface area contributed by atoms with Gasteiger partial charge in [-0.3, -0.25) is 4.79 Å². The standard InChI is InChI=1S/C11H13ClF2N2O3S.ClH/c12-8-1-3-9(4-2-8)20(18,19)5-10(17)16-7-11(13,14)6-15;/h1-4H,5-7,15H2,(H,16,17);1H. The highest BCUT2D eigenvalue weighted by atomic mass is 35.5. The maximum Gasteiger partial charge on any atom is 0.277 e. The van der Waals surface area contributed by atoms with Crippen LogP contribution in [0.3, 0.4) is 0 Å². The van der Waals surface area contributed by atoms with E-state index in [1.165, 1.54) is 24.3 Å². The Morgan fingerprint density at radius 2 is 1.81 bits per heavy atom. The Balaban J connectivity index is 0.00000400. The minimum atomic E-state index is -3.90. The molecule has 0 bridgehead atoms. The Morgan fingerprint density at radius 1 is 1.29 bits per heavy atom. The number of alkyl halides is 2. The maximum atomic E-state index is 12.8. The molecule has 0 aliphatic carbocycles. The molecule has 10 heteroatoms. The van der Waals surface area contributed by atoms with Crippen molar-refractivity contribution in [3.63, 3.8) is 0 Å². The number of rotatable bonds is 6. The topological polar surface area (TPSA) is 89.3 Å². The maximum absolute atomic E-state index is 12.8. The zero-order valence-corrected chi connectivity index (χ0v) is 13.1. The molecule has 120 valence electrons. The number of amides is 1. The van der Waals surface area contributed by atoms with E-state index in [0.717, 1.165) is 0 Å². The van der Waals surface area contributed by atoms with Gasteiger partial charge in [-0.05, 0) is 24.3 Å². The van der Waals surface area contributed by atoms with E-state index in [-0.39, 0.29) is 17.3 Å². The lowest BCUT2D eigenvalue weighted by atomic mass is 10.3. The molecular weight excluding hydrogens is 349 g/mol. The fourth-order valence-electron chi connectivity index (χ4n) is 1.25. The highest BCUT2D eigenvalue weighted by Crippen LogP contribution is 2.15. The van der Waals surface area contributed by atoms with E-state index < -0.39 is 40.5 Å². The van der Waals surface area contributed by atoms with Crippen molar-refractivity contribution in [3.05, 3.63) is 29.3 Å². The van der Waals surface area contributed by atoms with Gasteiger partial charge in [-0.25, -0.2) is 17.2 Å². The Kier molecular flexibility index (Phi) is 7.52. The lowest BCUT2D eigenvalue weighted by Crippen LogP contribution is -2.43. The Morgan fingerprint density at radius 3 is 2.29 bits per heavy atom. The molecule has 0 saturated heterocycles. The second-order valence-corrected chi connectivity index (χ2v) is 6.48. The number of sulfone groups is 1. The lowest BCUT2D eigenvalue weighted by molar-refractivity contribution is -0.120. The van der Waals surface area contributed by atoms with Gasteiger partial charge in [0.2, 0.25) is 5.91 Å². The number of carbonyl (C=O) groups is 1. The van der Waals surface area contributed by atoms with Crippen molar-refractivity contribution in [2.75, 3.05) is 18.8 Å². The van der Waals surface area contributed by atoms with Gasteiger partial charge in [0.1, 0.15) is 5.75 Å². The third-order valence-corrected chi connectivity index (χ3v) is 4.22. The summed E-state index contributed by atoms with van der Waals surface area (Å²) in [5, 5.41) is 2.18. The molecule has 1 aromatic rings. The summed E-state index contributed by atoms with van der Waals surface area (Å²) in [5.41, 5.74) is 4.79. The molecule has 0 fully saturated rings. The van der Waals surface area contributed by atoms with Gasteiger partial charge in [0, 0.05) is 5.02 Å². The number of nitrogens with one attached hydrogen (secondary N) is 1. The van der Waals surface area contributed by atoms with Gasteiger partial charge in [0.05, 0.1) is 18.0 Å². The summed E-state index contributed by atoms with van der Waals surface area (Å²) in [5.74, 6) is -5.21. The molecule has 0 aliphatic rings. The molecule has 0 radical (unpaired) electrons. The van der Waals surface area contributed by atoms with Gasteiger partial charge in [-0.1, -0.05) is 11.6 Å². The van der Waals surface area contributed by atoms with Crippen LogP contribution in [0.4, 0.5) is 8.78 Å². The molecule has 3 N–H and O–H groups in total. The monoisotopic (exact) mass is 362 g/mol. The number of nitrogens with two attached hydrogens (primary N) is 1. The molecule has 21 heavy (non-hydrogen) atoms. The first kappa shape index (κ1) is 20.0. The number of carbonyl (C=O) groups excluding carboxylic acids is 1. The molecule has 1 rings (SSSR count). The van der Waals surface area contributed by atoms with Crippen LogP contribution in [0.1, 0.15) is 0 Å². The number of hydrogen-bond donors (Lipinski definition) is 2. The Labute approximate surface area is 132 Å². The molecule has 0 aromatic heterocycles. The van der Waals surface area contributed by atoms with Crippen molar-refractivity contribution in [2.45, 2.75) is 10.8 Å². The van der Waals surface area contributed by atoms with E-state index >= 15 is 0 Å². The highest BCUT2D eigenvalue weighted by molar-refractivity contribution is 7.92. The second-order valence-electron chi connectivity index (χ2n) is 4.05. The van der Waals surface area contributed by atoms with Crippen LogP contribution in [0.2, 0.25) is 5.02 Å². The normalized spacial score (nSPS) is 11.6. The van der Waals surface area contributed by atoms with Crippen molar-refractivity contribution in [2.24, 2.45) is 5.73 Å². The van der Waals surface area contributed by atoms with Crippen molar-refractivity contribution >= 4 is 39.8 Å². The van der Waals surface area contributed by atoms with Crippen LogP contribution in [-0.2, 0) is 14.6 Å². The Hall–Kier alpha value is -0.960. The van der Waals surface area contributed by atoms with Crippen LogP contribution >= 0.6 is 24.0 Å². The highest BCUT2D eigenvalue weighted by Gasteiger charge is 2.28. The first-order chi connectivity index (χ1) is 9.16. The fourth-order valence-corrected chi connectivity index (χ4v) is 2.54. The zero-order valence-electron chi connectivity index (χ0n) is 10.7. The van der Waals surface area contributed by atoms with E-state index in [1.807, 2.05) is 5.32 Å². The average molecular weight is 363 g/mol.